The summed E-state index contributed by atoms with van der Waals surface area (Å²) in [6.45, 7) is 0.416. The first-order valence-electron chi connectivity index (χ1n) is 6.99. The van der Waals surface area contributed by atoms with Crippen LogP contribution < -0.4 is 0 Å². The van der Waals surface area contributed by atoms with Gasteiger partial charge in [0.15, 0.2) is 11.6 Å². The Balaban J connectivity index is 1.95. The molecule has 1 spiro atoms. The highest BCUT2D eigenvalue weighted by Gasteiger charge is 2.51. The number of benzene rings is 1. The highest BCUT2D eigenvalue weighted by molar-refractivity contribution is 5.98. The Hall–Kier alpha value is -1.98. The third-order valence-electron chi connectivity index (χ3n) is 4.29. The van der Waals surface area contributed by atoms with Gasteiger partial charge in [0.05, 0.1) is 6.54 Å². The topological polar surface area (TPSA) is 46.6 Å². The van der Waals surface area contributed by atoms with Gasteiger partial charge in [0.2, 0.25) is 0 Å². The molecule has 0 bridgehead atoms. The lowest BCUT2D eigenvalue weighted by Crippen LogP contribution is -2.60. The summed E-state index contributed by atoms with van der Waals surface area (Å²) >= 11 is 0. The lowest BCUT2D eigenvalue weighted by molar-refractivity contribution is -0.164. The molecule has 0 aromatic heterocycles. The lowest BCUT2D eigenvalue weighted by Gasteiger charge is -2.42. The normalized spacial score (nSPS) is 20.7. The van der Waals surface area contributed by atoms with E-state index in [1.54, 1.807) is 0 Å². The Morgan fingerprint density at radius 1 is 1.19 bits per heavy atom. The molecule has 1 saturated carbocycles. The summed E-state index contributed by atoms with van der Waals surface area (Å²) in [4.78, 5) is 26.2. The van der Waals surface area contributed by atoms with Gasteiger partial charge in [-0.05, 0) is 31.0 Å². The predicted molar refractivity (Wildman–Crippen MR) is 69.6 cm³/mol. The monoisotopic (exact) mass is 295 g/mol. The minimum absolute atomic E-state index is 0.0508. The van der Waals surface area contributed by atoms with Crippen LogP contribution in [-0.4, -0.2) is 35.5 Å². The van der Waals surface area contributed by atoms with Gasteiger partial charge in [-0.25, -0.2) is 13.6 Å². The Morgan fingerprint density at radius 2 is 1.90 bits per heavy atom. The van der Waals surface area contributed by atoms with E-state index in [0.717, 1.165) is 25.0 Å². The van der Waals surface area contributed by atoms with Crippen LogP contribution in [0.3, 0.4) is 0 Å². The highest BCUT2D eigenvalue weighted by Crippen LogP contribution is 2.39. The molecule has 0 N–H and O–H groups in total. The largest absolute Gasteiger partial charge is 0.462 e. The number of hydrogen-bond donors (Lipinski definition) is 0. The molecule has 1 amide bonds. The highest BCUT2D eigenvalue weighted by atomic mass is 19.2. The lowest BCUT2D eigenvalue weighted by atomic mass is 9.92. The van der Waals surface area contributed by atoms with E-state index in [4.69, 9.17) is 4.74 Å². The van der Waals surface area contributed by atoms with Crippen LogP contribution in [0, 0.1) is 11.6 Å². The predicted octanol–water partition coefficient (Wildman–Crippen LogP) is 2.28. The number of morpholine rings is 1. The molecule has 1 aromatic rings. The molecule has 1 aliphatic heterocycles. The van der Waals surface area contributed by atoms with Crippen LogP contribution in [0.15, 0.2) is 18.2 Å². The van der Waals surface area contributed by atoms with Crippen LogP contribution in [-0.2, 0) is 9.53 Å². The van der Waals surface area contributed by atoms with Crippen molar-refractivity contribution in [1.29, 1.82) is 0 Å². The number of carbonyl (C=O) groups excluding carboxylic acids is 2. The molecule has 1 aromatic carbocycles. The van der Waals surface area contributed by atoms with Gasteiger partial charge in [-0.2, -0.15) is 0 Å². The van der Waals surface area contributed by atoms with E-state index in [9.17, 15) is 18.4 Å². The summed E-state index contributed by atoms with van der Waals surface area (Å²) in [5.41, 5.74) is -0.880. The fourth-order valence-corrected chi connectivity index (χ4v) is 3.20. The van der Waals surface area contributed by atoms with Crippen molar-refractivity contribution < 1.29 is 23.1 Å². The summed E-state index contributed by atoms with van der Waals surface area (Å²) in [6.07, 6.45) is 2.80. The number of esters is 1. The number of carbonyl (C=O) groups is 2. The maximum Gasteiger partial charge on any atom is 0.332 e. The molecule has 4 nitrogen and oxygen atoms in total. The Labute approximate surface area is 120 Å². The summed E-state index contributed by atoms with van der Waals surface area (Å²) in [5.74, 6) is -2.91. The molecule has 3 rings (SSSR count). The van der Waals surface area contributed by atoms with E-state index in [2.05, 4.69) is 0 Å². The number of rotatable bonds is 1. The van der Waals surface area contributed by atoms with Crippen LogP contribution in [0.2, 0.25) is 0 Å². The number of amides is 1. The second-order valence-corrected chi connectivity index (χ2v) is 5.46. The molecule has 1 heterocycles. The van der Waals surface area contributed by atoms with Gasteiger partial charge in [0, 0.05) is 5.56 Å². The van der Waals surface area contributed by atoms with Crippen LogP contribution in [0.1, 0.15) is 36.0 Å². The van der Waals surface area contributed by atoms with E-state index in [1.165, 1.54) is 11.0 Å². The fraction of sp³-hybridized carbons (Fsp3) is 0.467. The molecule has 21 heavy (non-hydrogen) atoms. The van der Waals surface area contributed by atoms with Crippen molar-refractivity contribution >= 4 is 11.9 Å². The SMILES string of the molecule is O=C(c1ccc(F)c(F)c1)N1CCOC(=O)C12CCCC2. The molecular formula is C15H15F2NO3. The van der Waals surface area contributed by atoms with Crippen molar-refractivity contribution in [2.24, 2.45) is 0 Å². The molecule has 1 aliphatic carbocycles. The van der Waals surface area contributed by atoms with Crippen molar-refractivity contribution in [2.45, 2.75) is 31.2 Å². The second-order valence-electron chi connectivity index (χ2n) is 5.46. The number of ether oxygens (including phenoxy) is 1. The smallest absolute Gasteiger partial charge is 0.332 e. The van der Waals surface area contributed by atoms with Gasteiger partial charge in [-0.1, -0.05) is 12.8 Å². The summed E-state index contributed by atoms with van der Waals surface area (Å²) in [6, 6.07) is 3.04. The summed E-state index contributed by atoms with van der Waals surface area (Å²) < 4.78 is 31.4. The third-order valence-corrected chi connectivity index (χ3v) is 4.29. The van der Waals surface area contributed by atoms with Crippen molar-refractivity contribution in [3.05, 3.63) is 35.4 Å². The van der Waals surface area contributed by atoms with Crippen LogP contribution in [0.4, 0.5) is 8.78 Å². The van der Waals surface area contributed by atoms with Crippen LogP contribution in [0.25, 0.3) is 0 Å². The Kier molecular flexibility index (Phi) is 3.39. The van der Waals surface area contributed by atoms with Gasteiger partial charge in [0.25, 0.3) is 5.91 Å². The van der Waals surface area contributed by atoms with Crippen molar-refractivity contribution in [1.82, 2.24) is 4.90 Å². The number of nitrogens with zero attached hydrogens (tertiary/aromatic N) is 1. The maximum absolute atomic E-state index is 13.3. The van der Waals surface area contributed by atoms with Gasteiger partial charge >= 0.3 is 5.97 Å². The molecule has 2 fully saturated rings. The van der Waals surface area contributed by atoms with E-state index in [0.29, 0.717) is 12.8 Å². The van der Waals surface area contributed by atoms with E-state index >= 15 is 0 Å². The van der Waals surface area contributed by atoms with E-state index in [1.807, 2.05) is 0 Å². The number of hydrogen-bond acceptors (Lipinski definition) is 3. The first-order valence-corrected chi connectivity index (χ1v) is 6.99. The van der Waals surface area contributed by atoms with Gasteiger partial charge in [-0.15, -0.1) is 0 Å². The zero-order valence-electron chi connectivity index (χ0n) is 11.4. The molecular weight excluding hydrogens is 280 g/mol. The van der Waals surface area contributed by atoms with Gasteiger partial charge in [0.1, 0.15) is 12.1 Å². The molecule has 0 radical (unpaired) electrons. The summed E-state index contributed by atoms with van der Waals surface area (Å²) in [5, 5.41) is 0. The summed E-state index contributed by atoms with van der Waals surface area (Å²) in [7, 11) is 0. The van der Waals surface area contributed by atoms with E-state index in [-0.39, 0.29) is 24.7 Å². The number of cyclic esters (lactones) is 1. The van der Waals surface area contributed by atoms with Crippen LogP contribution >= 0.6 is 0 Å². The Bertz CT molecular complexity index is 597. The molecule has 1 saturated heterocycles. The Morgan fingerprint density at radius 3 is 2.57 bits per heavy atom. The zero-order chi connectivity index (χ0) is 15.0. The molecule has 6 heteroatoms. The zero-order valence-corrected chi connectivity index (χ0v) is 11.4. The minimum Gasteiger partial charge on any atom is -0.462 e. The minimum atomic E-state index is -1.07. The maximum atomic E-state index is 13.3. The van der Waals surface area contributed by atoms with Gasteiger partial charge < -0.3 is 9.64 Å². The quantitative estimate of drug-likeness (QED) is 0.747. The molecule has 0 unspecified atom stereocenters. The fourth-order valence-electron chi connectivity index (χ4n) is 3.20. The second kappa shape index (κ2) is 5.09. The molecule has 2 aliphatic rings. The average Bonchev–Trinajstić information content (AvgIpc) is 2.95. The average molecular weight is 295 g/mol. The standard InChI is InChI=1S/C15H15F2NO3/c16-11-4-3-10(9-12(11)17)13(19)18-7-8-21-14(20)15(18)5-1-2-6-15/h3-4,9H,1-2,5-8H2. The van der Waals surface area contributed by atoms with Crippen molar-refractivity contribution in [2.75, 3.05) is 13.2 Å². The van der Waals surface area contributed by atoms with Crippen LogP contribution in [0.5, 0.6) is 0 Å². The van der Waals surface area contributed by atoms with Crippen molar-refractivity contribution in [3.63, 3.8) is 0 Å². The molecule has 0 atom stereocenters. The number of halogens is 2. The van der Waals surface area contributed by atoms with Crippen molar-refractivity contribution in [3.8, 4) is 0 Å². The van der Waals surface area contributed by atoms with Gasteiger partial charge in [-0.3, -0.25) is 4.79 Å². The third kappa shape index (κ3) is 2.18. The van der Waals surface area contributed by atoms with E-state index < -0.39 is 23.1 Å². The molecule has 112 valence electrons. The first-order chi connectivity index (χ1) is 10.0. The first kappa shape index (κ1) is 14.0.